The summed E-state index contributed by atoms with van der Waals surface area (Å²) in [5, 5.41) is 16.4. The second-order valence-electron chi connectivity index (χ2n) is 7.25. The van der Waals surface area contributed by atoms with E-state index >= 15 is 0 Å². The molecule has 1 amide bonds. The number of benzene rings is 1. The van der Waals surface area contributed by atoms with Crippen molar-refractivity contribution in [3.63, 3.8) is 0 Å². The molecule has 0 saturated heterocycles. The van der Waals surface area contributed by atoms with Crippen LogP contribution in [0.15, 0.2) is 34.2 Å². The number of carbonyl (C=O) groups is 1. The van der Waals surface area contributed by atoms with Gasteiger partial charge < -0.3 is 10.0 Å². The molecule has 3 rings (SSSR count). The lowest BCUT2D eigenvalue weighted by Crippen LogP contribution is -2.28. The Morgan fingerprint density at radius 1 is 1.24 bits per heavy atom. The number of aromatic nitrogens is 2. The minimum absolute atomic E-state index is 0.0740. The smallest absolute Gasteiger partial charge is 0.267 e. The number of rotatable bonds is 4. The fraction of sp³-hybridized carbons (Fsp3) is 0.400. The van der Waals surface area contributed by atoms with E-state index in [9.17, 15) is 14.7 Å². The lowest BCUT2D eigenvalue weighted by molar-refractivity contribution is -0.132. The van der Waals surface area contributed by atoms with Crippen LogP contribution in [0.1, 0.15) is 36.9 Å². The van der Waals surface area contributed by atoms with Gasteiger partial charge in [-0.1, -0.05) is 19.1 Å². The first-order chi connectivity index (χ1) is 13.7. The summed E-state index contributed by atoms with van der Waals surface area (Å²) in [7, 11) is 7.05. The second kappa shape index (κ2) is 7.82. The van der Waals surface area contributed by atoms with E-state index in [0.717, 1.165) is 11.3 Å². The van der Waals surface area contributed by atoms with E-state index in [1.165, 1.54) is 14.1 Å². The summed E-state index contributed by atoms with van der Waals surface area (Å²) in [4.78, 5) is 27.3. The van der Waals surface area contributed by atoms with Crippen LogP contribution in [0.25, 0.3) is 0 Å². The summed E-state index contributed by atoms with van der Waals surface area (Å²) in [6.07, 6.45) is 0.610. The van der Waals surface area contributed by atoms with Crippen LogP contribution in [0.3, 0.4) is 0 Å². The van der Waals surface area contributed by atoms with E-state index in [2.05, 4.69) is 5.10 Å². The van der Waals surface area contributed by atoms with Gasteiger partial charge in [0.05, 0.1) is 11.8 Å². The van der Waals surface area contributed by atoms with Gasteiger partial charge in [0.15, 0.2) is 4.77 Å². The molecule has 2 heterocycles. The maximum Gasteiger partial charge on any atom is 0.267 e. The molecule has 1 aromatic heterocycles. The van der Waals surface area contributed by atoms with Crippen LogP contribution in [-0.2, 0) is 18.9 Å². The van der Waals surface area contributed by atoms with E-state index in [0.29, 0.717) is 12.1 Å². The van der Waals surface area contributed by atoms with Gasteiger partial charge in [-0.3, -0.25) is 18.7 Å². The highest BCUT2D eigenvalue weighted by Crippen LogP contribution is 2.34. The number of carbonyl (C=O) groups excluding carboxylic acids is 1. The standard InChI is InChI=1S/C20H25N5O3S/c1-6-16(26)25-15(12-7-9-13(10-8-12)22(2)3)11-14(21-25)17-18(27)23(4)20(29)24(5)19(17)28/h7-10,15,27H,6,11H2,1-5H3. The summed E-state index contributed by atoms with van der Waals surface area (Å²) < 4.78 is 2.85. The van der Waals surface area contributed by atoms with Crippen molar-refractivity contribution in [3.8, 4) is 5.88 Å². The Kier molecular flexibility index (Phi) is 5.61. The molecule has 1 atom stereocenters. The molecule has 9 heteroatoms. The zero-order chi connectivity index (χ0) is 21.5. The molecule has 1 N–H and O–H groups in total. The Labute approximate surface area is 174 Å². The third-order valence-electron chi connectivity index (χ3n) is 5.18. The molecule has 154 valence electrons. The first kappa shape index (κ1) is 20.8. The highest BCUT2D eigenvalue weighted by Gasteiger charge is 2.35. The normalized spacial score (nSPS) is 16.1. The molecule has 0 bridgehead atoms. The topological polar surface area (TPSA) is 83.1 Å². The monoisotopic (exact) mass is 415 g/mol. The summed E-state index contributed by atoms with van der Waals surface area (Å²) >= 11 is 5.18. The number of nitrogens with zero attached hydrogens (tertiary/aromatic N) is 5. The predicted octanol–water partition coefficient (Wildman–Crippen LogP) is 2.31. The Bertz CT molecular complexity index is 1100. The molecular formula is C20H25N5O3S. The number of hydrazone groups is 1. The van der Waals surface area contributed by atoms with Crippen molar-refractivity contribution in [2.24, 2.45) is 19.2 Å². The molecule has 8 nitrogen and oxygen atoms in total. The average Bonchev–Trinajstić information content (AvgIpc) is 3.15. The Morgan fingerprint density at radius 3 is 2.41 bits per heavy atom. The highest BCUT2D eigenvalue weighted by atomic mass is 32.1. The second-order valence-corrected chi connectivity index (χ2v) is 7.61. The van der Waals surface area contributed by atoms with E-state index in [1.54, 1.807) is 21.0 Å². The third kappa shape index (κ3) is 3.57. The van der Waals surface area contributed by atoms with Gasteiger partial charge in [0.2, 0.25) is 11.8 Å². The first-order valence-electron chi connectivity index (χ1n) is 9.33. The first-order valence-corrected chi connectivity index (χ1v) is 9.74. The zero-order valence-electron chi connectivity index (χ0n) is 17.2. The van der Waals surface area contributed by atoms with Gasteiger partial charge in [0.25, 0.3) is 5.56 Å². The van der Waals surface area contributed by atoms with Crippen LogP contribution in [-0.4, -0.2) is 45.0 Å². The molecule has 1 aromatic carbocycles. The molecule has 1 aliphatic heterocycles. The fourth-order valence-electron chi connectivity index (χ4n) is 3.39. The van der Waals surface area contributed by atoms with Crippen LogP contribution < -0.4 is 10.5 Å². The van der Waals surface area contributed by atoms with Gasteiger partial charge in [-0.05, 0) is 29.9 Å². The SMILES string of the molecule is CCC(=O)N1N=C(c2c(O)n(C)c(=S)n(C)c2=O)CC1c1ccc(N(C)C)cc1. The fourth-order valence-corrected chi connectivity index (χ4v) is 3.56. The van der Waals surface area contributed by atoms with Gasteiger partial charge in [0, 0.05) is 46.7 Å². The maximum absolute atomic E-state index is 12.8. The predicted molar refractivity (Wildman–Crippen MR) is 115 cm³/mol. The van der Waals surface area contributed by atoms with Crippen molar-refractivity contribution >= 4 is 29.5 Å². The highest BCUT2D eigenvalue weighted by molar-refractivity contribution is 7.71. The van der Waals surface area contributed by atoms with Gasteiger partial charge in [-0.15, -0.1) is 0 Å². The van der Waals surface area contributed by atoms with Crippen LogP contribution in [0.2, 0.25) is 0 Å². The third-order valence-corrected chi connectivity index (χ3v) is 5.73. The number of hydrogen-bond donors (Lipinski definition) is 1. The summed E-state index contributed by atoms with van der Waals surface area (Å²) in [5.41, 5.74) is 1.97. The molecule has 1 unspecified atom stereocenters. The molecule has 0 spiro atoms. The molecule has 2 aromatic rings. The average molecular weight is 416 g/mol. The lowest BCUT2D eigenvalue weighted by Gasteiger charge is -2.22. The quantitative estimate of drug-likeness (QED) is 0.775. The Hall–Kier alpha value is -2.94. The summed E-state index contributed by atoms with van der Waals surface area (Å²) in [5.74, 6) is -0.397. The number of aromatic hydroxyl groups is 1. The van der Waals surface area contributed by atoms with E-state index in [4.69, 9.17) is 12.2 Å². The van der Waals surface area contributed by atoms with Gasteiger partial charge in [-0.25, -0.2) is 5.01 Å². The van der Waals surface area contributed by atoms with Gasteiger partial charge in [-0.2, -0.15) is 5.10 Å². The molecule has 0 fully saturated rings. The van der Waals surface area contributed by atoms with Crippen molar-refractivity contribution in [3.05, 3.63) is 50.5 Å². The minimum Gasteiger partial charge on any atom is -0.494 e. The lowest BCUT2D eigenvalue weighted by atomic mass is 9.98. The van der Waals surface area contributed by atoms with Crippen molar-refractivity contribution < 1.29 is 9.90 Å². The number of anilines is 1. The van der Waals surface area contributed by atoms with Gasteiger partial charge >= 0.3 is 0 Å². The van der Waals surface area contributed by atoms with Crippen molar-refractivity contribution in [1.29, 1.82) is 0 Å². The van der Waals surface area contributed by atoms with Crippen molar-refractivity contribution in [1.82, 2.24) is 14.1 Å². The Morgan fingerprint density at radius 2 is 1.86 bits per heavy atom. The molecule has 0 saturated carbocycles. The maximum atomic E-state index is 12.8. The van der Waals surface area contributed by atoms with Crippen LogP contribution in [0.5, 0.6) is 5.88 Å². The van der Waals surface area contributed by atoms with Crippen LogP contribution in [0.4, 0.5) is 5.69 Å². The van der Waals surface area contributed by atoms with Crippen molar-refractivity contribution in [2.45, 2.75) is 25.8 Å². The number of amides is 1. The van der Waals surface area contributed by atoms with Crippen LogP contribution >= 0.6 is 12.2 Å². The Balaban J connectivity index is 2.09. The zero-order valence-corrected chi connectivity index (χ0v) is 18.0. The van der Waals surface area contributed by atoms with E-state index < -0.39 is 5.56 Å². The number of hydrogen-bond acceptors (Lipinski definition) is 6. The largest absolute Gasteiger partial charge is 0.494 e. The van der Waals surface area contributed by atoms with Crippen LogP contribution in [0, 0.1) is 4.77 Å². The van der Waals surface area contributed by atoms with E-state index in [-0.39, 0.29) is 34.6 Å². The van der Waals surface area contributed by atoms with Gasteiger partial charge in [0.1, 0.15) is 5.56 Å². The van der Waals surface area contributed by atoms with E-state index in [1.807, 2.05) is 43.3 Å². The molecular weight excluding hydrogens is 390 g/mol. The summed E-state index contributed by atoms with van der Waals surface area (Å²) in [6.45, 7) is 1.77. The molecule has 29 heavy (non-hydrogen) atoms. The van der Waals surface area contributed by atoms with Crippen molar-refractivity contribution in [2.75, 3.05) is 19.0 Å². The molecule has 0 radical (unpaired) electrons. The summed E-state index contributed by atoms with van der Waals surface area (Å²) in [6, 6.07) is 7.53. The molecule has 0 aliphatic carbocycles. The minimum atomic E-state index is -0.433. The molecule has 1 aliphatic rings.